The van der Waals surface area contributed by atoms with E-state index in [1.807, 2.05) is 24.5 Å². The van der Waals surface area contributed by atoms with Gasteiger partial charge in [-0.05, 0) is 42.0 Å². The Kier molecular flexibility index (Phi) is 4.08. The lowest BCUT2D eigenvalue weighted by Gasteiger charge is -2.22. The van der Waals surface area contributed by atoms with Crippen LogP contribution < -0.4 is 5.32 Å². The number of nitrogens with one attached hydrogen (secondary N) is 1. The van der Waals surface area contributed by atoms with E-state index in [0.717, 1.165) is 35.5 Å². The van der Waals surface area contributed by atoms with E-state index in [2.05, 4.69) is 17.4 Å². The second-order valence-corrected chi connectivity index (χ2v) is 6.08. The molecular weight excluding hydrogens is 282 g/mol. The van der Waals surface area contributed by atoms with Gasteiger partial charge < -0.3 is 15.5 Å². The molecule has 3 nitrogen and oxygen atoms in total. The van der Waals surface area contributed by atoms with Crippen LogP contribution in [-0.2, 0) is 6.42 Å². The van der Waals surface area contributed by atoms with E-state index in [9.17, 15) is 10.2 Å². The first-order chi connectivity index (χ1) is 10.2. The first kappa shape index (κ1) is 14.3. The third-order valence-corrected chi connectivity index (χ3v) is 4.85. The van der Waals surface area contributed by atoms with Crippen LogP contribution in [0.25, 0.3) is 0 Å². The number of benzene rings is 2. The van der Waals surface area contributed by atoms with Crippen molar-refractivity contribution in [1.29, 1.82) is 0 Å². The van der Waals surface area contributed by atoms with Gasteiger partial charge in [0.25, 0.3) is 0 Å². The maximum absolute atomic E-state index is 10.2. The van der Waals surface area contributed by atoms with Crippen molar-refractivity contribution in [1.82, 2.24) is 5.32 Å². The van der Waals surface area contributed by atoms with Crippen LogP contribution in [-0.4, -0.2) is 29.6 Å². The molecule has 2 aromatic carbocycles. The van der Waals surface area contributed by atoms with Crippen LogP contribution in [0.1, 0.15) is 22.6 Å². The van der Waals surface area contributed by atoms with E-state index in [1.165, 1.54) is 17.3 Å². The third-order valence-electron chi connectivity index (χ3n) is 4.03. The summed E-state index contributed by atoms with van der Waals surface area (Å²) in [6.07, 6.45) is 2.80. The smallest absolute Gasteiger partial charge is 0.171 e. The fraction of sp³-hybridized carbons (Fsp3) is 0.294. The number of rotatable bonds is 2. The summed E-state index contributed by atoms with van der Waals surface area (Å²) in [5, 5.41) is 23.6. The van der Waals surface area contributed by atoms with Crippen LogP contribution in [0, 0.1) is 0 Å². The Morgan fingerprint density at radius 3 is 2.67 bits per heavy atom. The van der Waals surface area contributed by atoms with E-state index < -0.39 is 0 Å². The molecule has 0 bridgehead atoms. The molecule has 3 rings (SSSR count). The summed E-state index contributed by atoms with van der Waals surface area (Å²) in [4.78, 5) is 0.794. The van der Waals surface area contributed by atoms with Gasteiger partial charge in [0.05, 0.1) is 4.90 Å². The Morgan fingerprint density at radius 1 is 1.19 bits per heavy atom. The first-order valence-electron chi connectivity index (χ1n) is 7.09. The second kappa shape index (κ2) is 6.00. The van der Waals surface area contributed by atoms with Crippen LogP contribution >= 0.6 is 11.8 Å². The number of phenols is 2. The average molecular weight is 301 g/mol. The lowest BCUT2D eigenvalue weighted by Crippen LogP contribution is -2.21. The van der Waals surface area contributed by atoms with Gasteiger partial charge in [0.15, 0.2) is 11.5 Å². The molecule has 0 spiro atoms. The Morgan fingerprint density at radius 2 is 1.95 bits per heavy atom. The molecule has 1 atom stereocenters. The normalized spacial score (nSPS) is 18.0. The molecule has 0 aromatic heterocycles. The summed E-state index contributed by atoms with van der Waals surface area (Å²) in [6, 6.07) is 12.1. The van der Waals surface area contributed by atoms with Crippen molar-refractivity contribution in [3.63, 3.8) is 0 Å². The molecule has 4 heteroatoms. The summed E-state index contributed by atoms with van der Waals surface area (Å²) >= 11 is 1.49. The molecule has 3 N–H and O–H groups in total. The quantitative estimate of drug-likeness (QED) is 0.589. The van der Waals surface area contributed by atoms with Gasteiger partial charge in [-0.15, -0.1) is 11.8 Å². The second-order valence-electron chi connectivity index (χ2n) is 5.27. The van der Waals surface area contributed by atoms with Gasteiger partial charge >= 0.3 is 0 Å². The predicted octanol–water partition coefficient (Wildman–Crippen LogP) is 3.10. The third kappa shape index (κ3) is 2.61. The van der Waals surface area contributed by atoms with Gasteiger partial charge in [-0.1, -0.05) is 30.3 Å². The van der Waals surface area contributed by atoms with Gasteiger partial charge in [-0.25, -0.2) is 0 Å². The molecule has 1 aliphatic heterocycles. The predicted molar refractivity (Wildman–Crippen MR) is 86.4 cm³/mol. The van der Waals surface area contributed by atoms with Gasteiger partial charge in [-0.3, -0.25) is 0 Å². The highest BCUT2D eigenvalue weighted by Crippen LogP contribution is 2.45. The van der Waals surface area contributed by atoms with Crippen molar-refractivity contribution >= 4 is 11.8 Å². The van der Waals surface area contributed by atoms with Gasteiger partial charge in [0, 0.05) is 12.5 Å². The molecule has 1 unspecified atom stereocenters. The highest BCUT2D eigenvalue weighted by molar-refractivity contribution is 7.98. The first-order valence-corrected chi connectivity index (χ1v) is 8.32. The summed E-state index contributed by atoms with van der Waals surface area (Å²) in [7, 11) is 0. The minimum atomic E-state index is -0.0215. The number of aromatic hydroxyl groups is 2. The SMILES string of the molecule is CSc1c(O)c(O)cc2c1C(c1ccccc1)CNCC2. The number of hydrogen-bond donors (Lipinski definition) is 3. The topological polar surface area (TPSA) is 52.5 Å². The molecule has 0 aliphatic carbocycles. The van der Waals surface area contributed by atoms with Crippen molar-refractivity contribution in [3.8, 4) is 11.5 Å². The Bertz CT molecular complexity index is 643. The van der Waals surface area contributed by atoms with Gasteiger partial charge in [0.2, 0.25) is 0 Å². The van der Waals surface area contributed by atoms with Crippen molar-refractivity contribution in [2.75, 3.05) is 19.3 Å². The van der Waals surface area contributed by atoms with Gasteiger partial charge in [-0.2, -0.15) is 0 Å². The molecule has 0 radical (unpaired) electrons. The standard InChI is InChI=1S/C17H19NO2S/c1-21-17-15-12(9-14(19)16(17)20)7-8-18-10-13(15)11-5-3-2-4-6-11/h2-6,9,13,18-20H,7-8,10H2,1H3. The maximum atomic E-state index is 10.2. The largest absolute Gasteiger partial charge is 0.504 e. The highest BCUT2D eigenvalue weighted by atomic mass is 32.2. The molecule has 1 heterocycles. The molecule has 1 aliphatic rings. The van der Waals surface area contributed by atoms with Crippen molar-refractivity contribution in [2.45, 2.75) is 17.2 Å². The minimum Gasteiger partial charge on any atom is -0.504 e. The van der Waals surface area contributed by atoms with Crippen molar-refractivity contribution in [2.24, 2.45) is 0 Å². The Balaban J connectivity index is 2.21. The highest BCUT2D eigenvalue weighted by Gasteiger charge is 2.26. The summed E-state index contributed by atoms with van der Waals surface area (Å²) < 4.78 is 0. The van der Waals surface area contributed by atoms with E-state index in [0.29, 0.717) is 0 Å². The molecule has 0 saturated carbocycles. The van der Waals surface area contributed by atoms with Crippen molar-refractivity contribution in [3.05, 3.63) is 53.1 Å². The number of hydrogen-bond acceptors (Lipinski definition) is 4. The molecule has 110 valence electrons. The van der Waals surface area contributed by atoms with Crippen LogP contribution in [0.5, 0.6) is 11.5 Å². The lowest BCUT2D eigenvalue weighted by molar-refractivity contribution is 0.392. The van der Waals surface area contributed by atoms with Crippen LogP contribution in [0.15, 0.2) is 41.3 Å². The lowest BCUT2D eigenvalue weighted by atomic mass is 9.87. The Labute approximate surface area is 129 Å². The molecule has 0 fully saturated rings. The summed E-state index contributed by atoms with van der Waals surface area (Å²) in [5.74, 6) is 0.175. The van der Waals surface area contributed by atoms with E-state index in [1.54, 1.807) is 6.07 Å². The summed E-state index contributed by atoms with van der Waals surface area (Å²) in [5.41, 5.74) is 3.50. The molecular formula is C17H19NO2S. The zero-order valence-electron chi connectivity index (χ0n) is 12.0. The summed E-state index contributed by atoms with van der Waals surface area (Å²) in [6.45, 7) is 1.73. The zero-order valence-corrected chi connectivity index (χ0v) is 12.8. The molecule has 0 amide bonds. The monoisotopic (exact) mass is 301 g/mol. The van der Waals surface area contributed by atoms with Crippen LogP contribution in [0.4, 0.5) is 0 Å². The van der Waals surface area contributed by atoms with Crippen LogP contribution in [0.3, 0.4) is 0 Å². The number of phenolic OH excluding ortho intramolecular Hbond substituents is 2. The maximum Gasteiger partial charge on any atom is 0.171 e. The fourth-order valence-corrected chi connectivity index (χ4v) is 3.83. The minimum absolute atomic E-state index is 0.00378. The van der Waals surface area contributed by atoms with E-state index in [-0.39, 0.29) is 17.4 Å². The van der Waals surface area contributed by atoms with Crippen molar-refractivity contribution < 1.29 is 10.2 Å². The van der Waals surface area contributed by atoms with E-state index >= 15 is 0 Å². The Hall–Kier alpha value is -1.65. The van der Waals surface area contributed by atoms with Crippen LogP contribution in [0.2, 0.25) is 0 Å². The fourth-order valence-electron chi connectivity index (χ4n) is 3.04. The van der Waals surface area contributed by atoms with E-state index in [4.69, 9.17) is 0 Å². The number of thioether (sulfide) groups is 1. The van der Waals surface area contributed by atoms with Gasteiger partial charge in [0.1, 0.15) is 0 Å². The average Bonchev–Trinajstić information content (AvgIpc) is 2.72. The molecule has 2 aromatic rings. The zero-order chi connectivity index (χ0) is 14.8. The molecule has 0 saturated heterocycles. The number of fused-ring (bicyclic) bond motifs is 1. The molecule has 21 heavy (non-hydrogen) atoms.